The maximum Gasteiger partial charge on any atom is 0.394 e. The third kappa shape index (κ3) is 5.24. The van der Waals surface area contributed by atoms with Gasteiger partial charge in [-0.2, -0.15) is 17.9 Å². The fourth-order valence-electron chi connectivity index (χ4n) is 3.18. The summed E-state index contributed by atoms with van der Waals surface area (Å²) in [4.78, 5) is 16.8. The molecule has 0 spiro atoms. The van der Waals surface area contributed by atoms with E-state index in [1.54, 1.807) is 0 Å². The summed E-state index contributed by atoms with van der Waals surface area (Å²) in [5.74, 6) is -0.360. The normalized spacial score (nSPS) is 15.6. The number of phenols is 1. The predicted octanol–water partition coefficient (Wildman–Crippen LogP) is 4.19. The highest BCUT2D eigenvalue weighted by Crippen LogP contribution is 2.59. The van der Waals surface area contributed by atoms with Gasteiger partial charge in [-0.15, -0.1) is 5.10 Å². The molecule has 2 N–H and O–H groups in total. The van der Waals surface area contributed by atoms with Crippen LogP contribution in [0.2, 0.25) is 5.15 Å². The monoisotopic (exact) mass is 514 g/mol. The zero-order valence-corrected chi connectivity index (χ0v) is 19.0. The molecule has 1 unspecified atom stereocenters. The number of carbonyl (C=O) groups is 1. The minimum Gasteiger partial charge on any atom is -0.588 e. The van der Waals surface area contributed by atoms with Crippen LogP contribution in [0.5, 0.6) is 11.6 Å². The molecule has 1 aliphatic rings. The van der Waals surface area contributed by atoms with Crippen LogP contribution in [0.4, 0.5) is 13.2 Å². The highest BCUT2D eigenvalue weighted by molar-refractivity contribution is 7.90. The topological polar surface area (TPSA) is 112 Å². The number of carbonyl (C=O) groups excluding carboxylic acids is 1. The number of phenolic OH excluding ortho intramolecular Hbond substituents is 1. The summed E-state index contributed by atoms with van der Waals surface area (Å²) in [5, 5.41) is 13.2. The number of benzene rings is 1. The van der Waals surface area contributed by atoms with Crippen LogP contribution in [0.25, 0.3) is 5.82 Å². The number of pyridine rings is 1. The Morgan fingerprint density at radius 2 is 1.94 bits per heavy atom. The summed E-state index contributed by atoms with van der Waals surface area (Å²) in [6, 6.07) is 9.78. The first-order valence-corrected chi connectivity index (χ1v) is 11.5. The first-order valence-electron chi connectivity index (χ1n) is 10.0. The summed E-state index contributed by atoms with van der Waals surface area (Å²) >= 11 is 4.25. The number of rotatable bonds is 8. The van der Waals surface area contributed by atoms with Crippen molar-refractivity contribution in [2.75, 3.05) is 6.61 Å². The third-order valence-electron chi connectivity index (χ3n) is 5.40. The SMILES string of the molecule is O=C(N[S+]([O-])c1ccc(O)cc1)c1ccc(-n2ccc(OCCC3(C(F)(F)F)CC3)n2)nc1Cl. The lowest BCUT2D eigenvalue weighted by Gasteiger charge is -2.18. The van der Waals surface area contributed by atoms with Crippen molar-refractivity contribution >= 4 is 28.9 Å². The van der Waals surface area contributed by atoms with Gasteiger partial charge in [0, 0.05) is 12.3 Å². The summed E-state index contributed by atoms with van der Waals surface area (Å²) in [6.07, 6.45) is -2.66. The lowest BCUT2D eigenvalue weighted by atomic mass is 10.0. The van der Waals surface area contributed by atoms with Gasteiger partial charge in [0.05, 0.1) is 17.6 Å². The van der Waals surface area contributed by atoms with E-state index in [0.717, 1.165) is 0 Å². The fraction of sp³-hybridized carbons (Fsp3) is 0.286. The average molecular weight is 515 g/mol. The molecule has 1 aromatic carbocycles. The van der Waals surface area contributed by atoms with Gasteiger partial charge in [0.2, 0.25) is 5.88 Å². The molecular formula is C21H18ClF3N4O4S. The molecule has 1 fully saturated rings. The second-order valence-electron chi connectivity index (χ2n) is 7.68. The first kappa shape index (κ1) is 24.2. The van der Waals surface area contributed by atoms with Crippen LogP contribution in [-0.4, -0.2) is 43.1 Å². The van der Waals surface area contributed by atoms with Gasteiger partial charge >= 0.3 is 6.18 Å². The maximum atomic E-state index is 13.0. The Labute approximate surface area is 200 Å². The van der Waals surface area contributed by atoms with Crippen LogP contribution < -0.4 is 9.46 Å². The largest absolute Gasteiger partial charge is 0.588 e. The van der Waals surface area contributed by atoms with Crippen LogP contribution in [0.15, 0.2) is 53.6 Å². The molecule has 3 aromatic rings. The molecule has 13 heteroatoms. The Morgan fingerprint density at radius 3 is 2.56 bits per heavy atom. The molecule has 0 bridgehead atoms. The van der Waals surface area contributed by atoms with E-state index in [-0.39, 0.29) is 58.9 Å². The molecule has 2 aromatic heterocycles. The summed E-state index contributed by atoms with van der Waals surface area (Å²) in [5.41, 5.74) is -1.67. The second-order valence-corrected chi connectivity index (χ2v) is 9.25. The van der Waals surface area contributed by atoms with Crippen molar-refractivity contribution in [2.24, 2.45) is 5.41 Å². The maximum absolute atomic E-state index is 13.0. The Balaban J connectivity index is 1.37. The Morgan fingerprint density at radius 1 is 1.24 bits per heavy atom. The molecule has 4 rings (SSSR count). The lowest BCUT2D eigenvalue weighted by Crippen LogP contribution is -2.31. The highest BCUT2D eigenvalue weighted by Gasteiger charge is 2.62. The van der Waals surface area contributed by atoms with Gasteiger partial charge in [0.1, 0.15) is 22.3 Å². The number of alkyl halides is 3. The number of halogens is 4. The standard InChI is InChI=1S/C21H18ClF3N4O4S/c22-18-15(19(31)28-34(32)14-3-1-13(30)2-4-14)5-6-16(26-18)29-11-7-17(27-29)33-12-10-20(8-9-20)21(23,24)25/h1-7,11,30H,8-10,12H2,(H,28,31). The van der Waals surface area contributed by atoms with E-state index in [1.807, 2.05) is 0 Å². The summed E-state index contributed by atoms with van der Waals surface area (Å²) in [7, 11) is 0. The molecule has 2 heterocycles. The number of hydrogen-bond donors (Lipinski definition) is 2. The molecule has 0 aliphatic heterocycles. The van der Waals surface area contributed by atoms with Crippen molar-refractivity contribution in [2.45, 2.75) is 30.3 Å². The van der Waals surface area contributed by atoms with E-state index in [2.05, 4.69) is 14.8 Å². The van der Waals surface area contributed by atoms with Gasteiger partial charge in [0.15, 0.2) is 10.7 Å². The predicted molar refractivity (Wildman–Crippen MR) is 116 cm³/mol. The highest BCUT2D eigenvalue weighted by atomic mass is 35.5. The number of amides is 1. The van der Waals surface area contributed by atoms with Crippen LogP contribution in [0.3, 0.4) is 0 Å². The number of ether oxygens (including phenoxy) is 1. The molecular weight excluding hydrogens is 497 g/mol. The zero-order chi connectivity index (χ0) is 24.5. The Hall–Kier alpha value is -2.96. The number of aromatic hydroxyl groups is 1. The van der Waals surface area contributed by atoms with Crippen molar-refractivity contribution in [3.63, 3.8) is 0 Å². The van der Waals surface area contributed by atoms with Gasteiger partial charge in [-0.25, -0.2) is 9.67 Å². The van der Waals surface area contributed by atoms with Crippen LogP contribution in [0.1, 0.15) is 29.6 Å². The van der Waals surface area contributed by atoms with Crippen molar-refractivity contribution in [1.82, 2.24) is 19.5 Å². The van der Waals surface area contributed by atoms with Crippen LogP contribution >= 0.6 is 11.6 Å². The number of hydrogen-bond acceptors (Lipinski definition) is 6. The molecule has 1 amide bonds. The van der Waals surface area contributed by atoms with Gasteiger partial charge in [0.25, 0.3) is 5.91 Å². The molecule has 0 radical (unpaired) electrons. The molecule has 1 saturated carbocycles. The Kier molecular flexibility index (Phi) is 6.65. The zero-order valence-electron chi connectivity index (χ0n) is 17.4. The number of aromatic nitrogens is 3. The van der Waals surface area contributed by atoms with Crippen molar-refractivity contribution in [3.05, 3.63) is 59.4 Å². The van der Waals surface area contributed by atoms with Gasteiger partial charge in [-0.3, -0.25) is 4.79 Å². The van der Waals surface area contributed by atoms with E-state index in [4.69, 9.17) is 16.3 Å². The average Bonchev–Trinajstić information content (AvgIpc) is 3.44. The Bertz CT molecular complexity index is 1190. The van der Waals surface area contributed by atoms with Gasteiger partial charge < -0.3 is 14.4 Å². The fourth-order valence-corrected chi connectivity index (χ4v) is 4.19. The van der Waals surface area contributed by atoms with Crippen LogP contribution in [0, 0.1) is 5.41 Å². The smallest absolute Gasteiger partial charge is 0.394 e. The lowest BCUT2D eigenvalue weighted by molar-refractivity contribution is -0.190. The third-order valence-corrected chi connectivity index (χ3v) is 6.76. The van der Waals surface area contributed by atoms with E-state index in [9.17, 15) is 27.6 Å². The summed E-state index contributed by atoms with van der Waals surface area (Å²) < 4.78 is 60.2. The molecule has 34 heavy (non-hydrogen) atoms. The number of nitrogens with zero attached hydrogens (tertiary/aromatic N) is 3. The molecule has 1 atom stereocenters. The molecule has 8 nitrogen and oxygen atoms in total. The molecule has 1 aliphatic carbocycles. The first-order chi connectivity index (χ1) is 16.1. The van der Waals surface area contributed by atoms with Crippen molar-refractivity contribution in [3.8, 4) is 17.4 Å². The molecule has 0 saturated heterocycles. The van der Waals surface area contributed by atoms with Gasteiger partial charge in [-0.1, -0.05) is 11.6 Å². The van der Waals surface area contributed by atoms with E-state index < -0.39 is 28.9 Å². The van der Waals surface area contributed by atoms with E-state index >= 15 is 0 Å². The van der Waals surface area contributed by atoms with E-state index in [0.29, 0.717) is 0 Å². The molecule has 180 valence electrons. The van der Waals surface area contributed by atoms with Crippen molar-refractivity contribution < 1.29 is 32.4 Å². The van der Waals surface area contributed by atoms with Crippen molar-refractivity contribution in [1.29, 1.82) is 0 Å². The van der Waals surface area contributed by atoms with Gasteiger partial charge in [-0.05, 0) is 55.7 Å². The summed E-state index contributed by atoms with van der Waals surface area (Å²) in [6.45, 7) is -0.123. The minimum absolute atomic E-state index is 0.00442. The minimum atomic E-state index is -4.24. The van der Waals surface area contributed by atoms with E-state index in [1.165, 1.54) is 53.3 Å². The second kappa shape index (κ2) is 9.35. The van der Waals surface area contributed by atoms with Crippen LogP contribution in [-0.2, 0) is 11.4 Å². The quantitative estimate of drug-likeness (QED) is 0.344. The number of nitrogens with one attached hydrogen (secondary N) is 1.